The number of aromatic hydroxyl groups is 1. The molecule has 1 fully saturated rings. The minimum atomic E-state index is -0.931. The summed E-state index contributed by atoms with van der Waals surface area (Å²) in [6, 6.07) is 1.65. The van der Waals surface area contributed by atoms with Crippen LogP contribution in [0, 0.1) is 17.0 Å². The van der Waals surface area contributed by atoms with Gasteiger partial charge < -0.3 is 10.8 Å². The van der Waals surface area contributed by atoms with E-state index in [1.54, 1.807) is 0 Å². The van der Waals surface area contributed by atoms with Crippen LogP contribution in [0.15, 0.2) is 12.1 Å². The van der Waals surface area contributed by atoms with Crippen LogP contribution in [0.5, 0.6) is 5.75 Å². The number of benzene rings is 1. The molecule has 0 aliphatic heterocycles. The van der Waals surface area contributed by atoms with Crippen LogP contribution >= 0.6 is 0 Å². The highest BCUT2D eigenvalue weighted by molar-refractivity contribution is 5.44. The molecule has 0 bridgehead atoms. The Morgan fingerprint density at radius 3 is 2.33 bits per heavy atom. The summed E-state index contributed by atoms with van der Waals surface area (Å²) < 4.78 is 26.1. The molecule has 0 amide bonds. The van der Waals surface area contributed by atoms with Crippen molar-refractivity contribution in [3.63, 3.8) is 0 Å². The van der Waals surface area contributed by atoms with Crippen LogP contribution in [0.4, 0.5) is 8.78 Å². The van der Waals surface area contributed by atoms with Gasteiger partial charge in [0.15, 0.2) is 11.6 Å². The Morgan fingerprint density at radius 2 is 1.87 bits per heavy atom. The molecule has 1 aliphatic rings. The van der Waals surface area contributed by atoms with E-state index in [0.29, 0.717) is 6.07 Å². The third kappa shape index (κ3) is 1.40. The first-order valence-corrected chi connectivity index (χ1v) is 4.79. The van der Waals surface area contributed by atoms with Crippen molar-refractivity contribution in [2.45, 2.75) is 25.8 Å². The number of phenolic OH excluding ortho intramolecular Hbond substituents is 1. The van der Waals surface area contributed by atoms with Crippen molar-refractivity contribution in [3.8, 4) is 5.75 Å². The van der Waals surface area contributed by atoms with E-state index in [9.17, 15) is 13.9 Å². The Kier molecular flexibility index (Phi) is 2.01. The molecule has 82 valence electrons. The van der Waals surface area contributed by atoms with E-state index < -0.39 is 17.4 Å². The first-order chi connectivity index (χ1) is 6.85. The normalized spacial score (nSPS) is 27.8. The molecular formula is C11H13F2NO. The molecule has 0 heterocycles. The Hall–Kier alpha value is -1.16. The molecule has 0 unspecified atom stereocenters. The largest absolute Gasteiger partial charge is 0.505 e. The summed E-state index contributed by atoms with van der Waals surface area (Å²) in [6.07, 6.45) is 0. The Bertz CT molecular complexity index is 417. The summed E-state index contributed by atoms with van der Waals surface area (Å²) in [5.74, 6) is -2.28. The molecule has 0 aromatic heterocycles. The van der Waals surface area contributed by atoms with E-state index >= 15 is 0 Å². The molecule has 2 nitrogen and oxygen atoms in total. The second kappa shape index (κ2) is 2.92. The lowest BCUT2D eigenvalue weighted by atomic mass is 10.0. The summed E-state index contributed by atoms with van der Waals surface area (Å²) >= 11 is 0. The van der Waals surface area contributed by atoms with Crippen molar-refractivity contribution in [3.05, 3.63) is 29.3 Å². The molecule has 2 rings (SSSR count). The number of rotatable bonds is 1. The van der Waals surface area contributed by atoms with Crippen LogP contribution in [0.1, 0.15) is 25.3 Å². The second-order valence-electron chi connectivity index (χ2n) is 4.65. The lowest BCUT2D eigenvalue weighted by Crippen LogP contribution is -2.06. The molecule has 0 spiro atoms. The number of halogens is 2. The summed E-state index contributed by atoms with van der Waals surface area (Å²) in [6.45, 7) is 3.81. The van der Waals surface area contributed by atoms with Gasteiger partial charge in [0.25, 0.3) is 0 Å². The van der Waals surface area contributed by atoms with Crippen LogP contribution in [0.3, 0.4) is 0 Å². The first-order valence-electron chi connectivity index (χ1n) is 4.79. The van der Waals surface area contributed by atoms with E-state index in [2.05, 4.69) is 0 Å². The van der Waals surface area contributed by atoms with Crippen LogP contribution in [-0.2, 0) is 0 Å². The van der Waals surface area contributed by atoms with E-state index in [-0.39, 0.29) is 22.9 Å². The lowest BCUT2D eigenvalue weighted by molar-refractivity contribution is 0.418. The molecule has 3 N–H and O–H groups in total. The van der Waals surface area contributed by atoms with Gasteiger partial charge in [-0.3, -0.25) is 0 Å². The standard InChI is InChI=1S/C11H13F2NO/c1-11(2)8(10(11)14)6-3-5(12)4-7(13)9(6)15/h3-4,8,10,15H,14H2,1-2H3/t8-,10-/m1/s1. The topological polar surface area (TPSA) is 46.2 Å². The number of nitrogens with two attached hydrogens (primary N) is 1. The number of hydrogen-bond donors (Lipinski definition) is 2. The zero-order chi connectivity index (χ0) is 11.4. The third-order valence-electron chi connectivity index (χ3n) is 3.30. The van der Waals surface area contributed by atoms with E-state index in [4.69, 9.17) is 5.73 Å². The number of phenols is 1. The van der Waals surface area contributed by atoms with Gasteiger partial charge in [-0.05, 0) is 11.5 Å². The second-order valence-corrected chi connectivity index (χ2v) is 4.65. The van der Waals surface area contributed by atoms with Gasteiger partial charge in [0, 0.05) is 23.6 Å². The predicted molar refractivity (Wildman–Crippen MR) is 52.5 cm³/mol. The molecule has 1 aliphatic carbocycles. The SMILES string of the molecule is CC1(C)[C@H](N)[C@H]1c1cc(F)cc(F)c1O. The van der Waals surface area contributed by atoms with E-state index in [0.717, 1.165) is 6.07 Å². The van der Waals surface area contributed by atoms with Crippen molar-refractivity contribution < 1.29 is 13.9 Å². The van der Waals surface area contributed by atoms with Gasteiger partial charge in [0.05, 0.1) is 0 Å². The molecule has 1 saturated carbocycles. The van der Waals surface area contributed by atoms with Gasteiger partial charge in [-0.1, -0.05) is 13.8 Å². The smallest absolute Gasteiger partial charge is 0.168 e. The Morgan fingerprint density at radius 1 is 1.33 bits per heavy atom. The summed E-state index contributed by atoms with van der Waals surface area (Å²) in [5, 5.41) is 9.49. The fraction of sp³-hybridized carbons (Fsp3) is 0.455. The Labute approximate surface area is 86.7 Å². The molecule has 1 aromatic carbocycles. The monoisotopic (exact) mass is 213 g/mol. The maximum Gasteiger partial charge on any atom is 0.168 e. The molecule has 4 heteroatoms. The fourth-order valence-electron chi connectivity index (χ4n) is 2.09. The zero-order valence-electron chi connectivity index (χ0n) is 8.59. The maximum absolute atomic E-state index is 13.1. The fourth-order valence-corrected chi connectivity index (χ4v) is 2.09. The minimum absolute atomic E-state index is 0.162. The van der Waals surface area contributed by atoms with Crippen LogP contribution in [0.2, 0.25) is 0 Å². The molecule has 2 atom stereocenters. The highest BCUT2D eigenvalue weighted by Crippen LogP contribution is 2.59. The van der Waals surface area contributed by atoms with Crippen molar-refractivity contribution in [2.24, 2.45) is 11.1 Å². The van der Waals surface area contributed by atoms with Crippen molar-refractivity contribution in [2.75, 3.05) is 0 Å². The van der Waals surface area contributed by atoms with Gasteiger partial charge in [-0.25, -0.2) is 8.78 Å². The van der Waals surface area contributed by atoms with Gasteiger partial charge >= 0.3 is 0 Å². The van der Waals surface area contributed by atoms with Gasteiger partial charge in [-0.15, -0.1) is 0 Å². The maximum atomic E-state index is 13.1. The molecule has 15 heavy (non-hydrogen) atoms. The quantitative estimate of drug-likeness (QED) is 0.750. The average Bonchev–Trinajstić information content (AvgIpc) is 2.60. The molecular weight excluding hydrogens is 200 g/mol. The first kappa shape index (κ1) is 10.4. The van der Waals surface area contributed by atoms with Gasteiger partial charge in [0.2, 0.25) is 0 Å². The number of hydrogen-bond acceptors (Lipinski definition) is 2. The van der Waals surface area contributed by atoms with Crippen molar-refractivity contribution in [1.82, 2.24) is 0 Å². The summed E-state index contributed by atoms with van der Waals surface area (Å²) in [7, 11) is 0. The summed E-state index contributed by atoms with van der Waals surface area (Å²) in [5.41, 5.74) is 5.85. The Balaban J connectivity index is 2.47. The lowest BCUT2D eigenvalue weighted by Gasteiger charge is -2.06. The third-order valence-corrected chi connectivity index (χ3v) is 3.30. The van der Waals surface area contributed by atoms with E-state index in [1.807, 2.05) is 13.8 Å². The van der Waals surface area contributed by atoms with E-state index in [1.165, 1.54) is 0 Å². The molecule has 0 radical (unpaired) electrons. The van der Waals surface area contributed by atoms with Gasteiger partial charge in [0.1, 0.15) is 5.82 Å². The van der Waals surface area contributed by atoms with Crippen LogP contribution in [-0.4, -0.2) is 11.1 Å². The van der Waals surface area contributed by atoms with Gasteiger partial charge in [-0.2, -0.15) is 0 Å². The zero-order valence-corrected chi connectivity index (χ0v) is 8.59. The predicted octanol–water partition coefficient (Wildman–Crippen LogP) is 2.12. The van der Waals surface area contributed by atoms with Crippen molar-refractivity contribution in [1.29, 1.82) is 0 Å². The van der Waals surface area contributed by atoms with Crippen LogP contribution in [0.25, 0.3) is 0 Å². The minimum Gasteiger partial charge on any atom is -0.505 e. The molecule has 0 saturated heterocycles. The average molecular weight is 213 g/mol. The summed E-state index contributed by atoms with van der Waals surface area (Å²) in [4.78, 5) is 0. The highest BCUT2D eigenvalue weighted by atomic mass is 19.1. The van der Waals surface area contributed by atoms with Crippen molar-refractivity contribution >= 4 is 0 Å². The van der Waals surface area contributed by atoms with Crippen LogP contribution < -0.4 is 5.73 Å². The molecule has 1 aromatic rings. The highest BCUT2D eigenvalue weighted by Gasteiger charge is 2.57.